The van der Waals surface area contributed by atoms with E-state index in [9.17, 15) is 4.79 Å². The van der Waals surface area contributed by atoms with Gasteiger partial charge in [0.05, 0.1) is 0 Å². The zero-order chi connectivity index (χ0) is 15.4. The van der Waals surface area contributed by atoms with Gasteiger partial charge in [0.15, 0.2) is 0 Å². The summed E-state index contributed by atoms with van der Waals surface area (Å²) in [4.78, 5) is 13.4. The summed E-state index contributed by atoms with van der Waals surface area (Å²) in [6, 6.07) is 0. The first-order valence-electron chi connectivity index (χ1n) is 8.38. The van der Waals surface area contributed by atoms with Gasteiger partial charge in [0.2, 0.25) is 17.7 Å². The van der Waals surface area contributed by atoms with Gasteiger partial charge in [0, 0.05) is 45.6 Å². The topological polar surface area (TPSA) is 68.5 Å². The Morgan fingerprint density at radius 1 is 1.27 bits per heavy atom. The number of nitrogens with zero attached hydrogens (tertiary/aromatic N) is 3. The van der Waals surface area contributed by atoms with Crippen LogP contribution in [0.1, 0.15) is 56.7 Å². The molecule has 3 rings (SSSR count). The minimum absolute atomic E-state index is 0.185. The predicted octanol–water partition coefficient (Wildman–Crippen LogP) is 2.15. The van der Waals surface area contributed by atoms with Crippen molar-refractivity contribution in [1.82, 2.24) is 15.1 Å². The van der Waals surface area contributed by atoms with Gasteiger partial charge in [-0.2, -0.15) is 0 Å². The predicted molar refractivity (Wildman–Crippen MR) is 80.4 cm³/mol. The van der Waals surface area contributed by atoms with Crippen LogP contribution in [-0.2, 0) is 16.0 Å². The molecule has 1 atom stereocenters. The van der Waals surface area contributed by atoms with E-state index in [0.29, 0.717) is 11.8 Å². The van der Waals surface area contributed by atoms with Crippen molar-refractivity contribution in [2.75, 3.05) is 26.3 Å². The van der Waals surface area contributed by atoms with E-state index >= 15 is 0 Å². The van der Waals surface area contributed by atoms with E-state index in [1.54, 1.807) is 6.92 Å². The van der Waals surface area contributed by atoms with E-state index in [-0.39, 0.29) is 5.91 Å². The Hall–Kier alpha value is -1.43. The van der Waals surface area contributed by atoms with Crippen LogP contribution >= 0.6 is 0 Å². The fourth-order valence-electron chi connectivity index (χ4n) is 3.39. The quantitative estimate of drug-likeness (QED) is 0.852. The highest BCUT2D eigenvalue weighted by atomic mass is 16.5. The van der Waals surface area contributed by atoms with Crippen molar-refractivity contribution in [3.63, 3.8) is 0 Å². The molecule has 0 aromatic carbocycles. The third-order valence-corrected chi connectivity index (χ3v) is 4.78. The third kappa shape index (κ3) is 3.85. The number of hydrogen-bond donors (Lipinski definition) is 0. The van der Waals surface area contributed by atoms with Crippen molar-refractivity contribution < 1.29 is 13.9 Å². The molecule has 0 radical (unpaired) electrons. The SMILES string of the molecule is CC(=O)N1CCCC(CCc2nnc(C3CCOCC3)o2)C1. The Labute approximate surface area is 131 Å². The molecule has 6 heteroatoms. The van der Waals surface area contributed by atoms with Gasteiger partial charge in [-0.3, -0.25) is 4.79 Å². The highest BCUT2D eigenvalue weighted by molar-refractivity contribution is 5.73. The van der Waals surface area contributed by atoms with Crippen LogP contribution in [0.25, 0.3) is 0 Å². The summed E-state index contributed by atoms with van der Waals surface area (Å²) in [5, 5.41) is 8.40. The molecule has 22 heavy (non-hydrogen) atoms. The molecule has 2 aliphatic heterocycles. The molecule has 122 valence electrons. The standard InChI is InChI=1S/C16H25N3O3/c1-12(20)19-8-2-3-13(11-19)4-5-15-17-18-16(22-15)14-6-9-21-10-7-14/h13-14H,2-11H2,1H3. The number of piperidine rings is 1. The first kappa shape index (κ1) is 15.5. The maximum atomic E-state index is 11.5. The van der Waals surface area contributed by atoms with Gasteiger partial charge < -0.3 is 14.1 Å². The van der Waals surface area contributed by atoms with E-state index in [1.165, 1.54) is 6.42 Å². The summed E-state index contributed by atoms with van der Waals surface area (Å²) in [5.74, 6) is 2.60. The molecule has 1 unspecified atom stereocenters. The summed E-state index contributed by atoms with van der Waals surface area (Å²) in [6.45, 7) is 4.99. The normalized spacial score (nSPS) is 23.7. The van der Waals surface area contributed by atoms with Crippen LogP contribution in [0.4, 0.5) is 0 Å². The van der Waals surface area contributed by atoms with Gasteiger partial charge in [-0.15, -0.1) is 10.2 Å². The zero-order valence-corrected chi connectivity index (χ0v) is 13.3. The second kappa shape index (κ2) is 7.22. The van der Waals surface area contributed by atoms with E-state index in [2.05, 4.69) is 10.2 Å². The Bertz CT molecular complexity index is 497. The number of hydrogen-bond acceptors (Lipinski definition) is 5. The minimum atomic E-state index is 0.185. The molecule has 0 spiro atoms. The molecule has 0 bridgehead atoms. The molecule has 0 saturated carbocycles. The monoisotopic (exact) mass is 307 g/mol. The van der Waals surface area contributed by atoms with Gasteiger partial charge >= 0.3 is 0 Å². The summed E-state index contributed by atoms with van der Waals surface area (Å²) < 4.78 is 11.2. The Morgan fingerprint density at radius 2 is 2.09 bits per heavy atom. The number of carbonyl (C=O) groups excluding carboxylic acids is 1. The summed E-state index contributed by atoms with van der Waals surface area (Å²) in [6.07, 6.45) is 6.05. The zero-order valence-electron chi connectivity index (χ0n) is 13.3. The number of rotatable bonds is 4. The molecule has 2 fully saturated rings. The van der Waals surface area contributed by atoms with Gasteiger partial charge in [0.1, 0.15) is 0 Å². The van der Waals surface area contributed by atoms with Crippen molar-refractivity contribution >= 4 is 5.91 Å². The second-order valence-electron chi connectivity index (χ2n) is 6.43. The number of amides is 1. The average Bonchev–Trinajstić information content (AvgIpc) is 3.03. The number of aryl methyl sites for hydroxylation is 1. The lowest BCUT2D eigenvalue weighted by atomic mass is 9.93. The molecule has 2 saturated heterocycles. The lowest BCUT2D eigenvalue weighted by Gasteiger charge is -2.31. The summed E-state index contributed by atoms with van der Waals surface area (Å²) in [5.41, 5.74) is 0. The molecular weight excluding hydrogens is 282 g/mol. The van der Waals surface area contributed by atoms with Gasteiger partial charge in [-0.05, 0) is 38.0 Å². The molecule has 1 amide bonds. The lowest BCUT2D eigenvalue weighted by molar-refractivity contribution is -0.130. The molecule has 0 N–H and O–H groups in total. The van der Waals surface area contributed by atoms with Crippen molar-refractivity contribution in [1.29, 1.82) is 0 Å². The fourth-order valence-corrected chi connectivity index (χ4v) is 3.39. The highest BCUT2D eigenvalue weighted by Gasteiger charge is 2.24. The van der Waals surface area contributed by atoms with Crippen molar-refractivity contribution in [2.45, 2.75) is 51.4 Å². The van der Waals surface area contributed by atoms with Gasteiger partial charge in [-0.1, -0.05) is 0 Å². The Morgan fingerprint density at radius 3 is 2.86 bits per heavy atom. The maximum absolute atomic E-state index is 11.5. The minimum Gasteiger partial charge on any atom is -0.425 e. The van der Waals surface area contributed by atoms with Gasteiger partial charge in [0.25, 0.3) is 0 Å². The van der Waals surface area contributed by atoms with Crippen LogP contribution in [0.3, 0.4) is 0 Å². The molecule has 0 aliphatic carbocycles. The van der Waals surface area contributed by atoms with Crippen LogP contribution in [0.5, 0.6) is 0 Å². The number of carbonyl (C=O) groups is 1. The van der Waals surface area contributed by atoms with Crippen LogP contribution in [0.15, 0.2) is 4.42 Å². The molecule has 1 aromatic heterocycles. The van der Waals surface area contributed by atoms with Crippen molar-refractivity contribution in [2.24, 2.45) is 5.92 Å². The van der Waals surface area contributed by atoms with Crippen molar-refractivity contribution in [3.8, 4) is 0 Å². The van der Waals surface area contributed by atoms with Crippen molar-refractivity contribution in [3.05, 3.63) is 11.8 Å². The largest absolute Gasteiger partial charge is 0.425 e. The first-order valence-corrected chi connectivity index (χ1v) is 8.38. The summed E-state index contributed by atoms with van der Waals surface area (Å²) in [7, 11) is 0. The molecular formula is C16H25N3O3. The maximum Gasteiger partial charge on any atom is 0.219 e. The third-order valence-electron chi connectivity index (χ3n) is 4.78. The van der Waals surface area contributed by atoms with Crippen LogP contribution < -0.4 is 0 Å². The number of aromatic nitrogens is 2. The molecule has 2 aliphatic rings. The molecule has 1 aromatic rings. The summed E-state index contributed by atoms with van der Waals surface area (Å²) >= 11 is 0. The van der Waals surface area contributed by atoms with Crippen LogP contribution in [-0.4, -0.2) is 47.3 Å². The molecule has 3 heterocycles. The Balaban J connectivity index is 1.49. The van der Waals surface area contributed by atoms with E-state index in [0.717, 1.165) is 70.2 Å². The van der Waals surface area contributed by atoms with E-state index in [1.807, 2.05) is 4.90 Å². The van der Waals surface area contributed by atoms with E-state index < -0.39 is 0 Å². The Kier molecular flexibility index (Phi) is 5.08. The highest BCUT2D eigenvalue weighted by Crippen LogP contribution is 2.26. The second-order valence-corrected chi connectivity index (χ2v) is 6.43. The number of likely N-dealkylation sites (tertiary alicyclic amines) is 1. The van der Waals surface area contributed by atoms with E-state index in [4.69, 9.17) is 9.15 Å². The lowest BCUT2D eigenvalue weighted by Crippen LogP contribution is -2.38. The smallest absolute Gasteiger partial charge is 0.219 e. The fraction of sp³-hybridized carbons (Fsp3) is 0.812. The average molecular weight is 307 g/mol. The van der Waals surface area contributed by atoms with Crippen LogP contribution in [0, 0.1) is 5.92 Å². The van der Waals surface area contributed by atoms with Crippen LogP contribution in [0.2, 0.25) is 0 Å². The van der Waals surface area contributed by atoms with Gasteiger partial charge in [-0.25, -0.2) is 0 Å². The molecule has 6 nitrogen and oxygen atoms in total. The first-order chi connectivity index (χ1) is 10.7. The number of ether oxygens (including phenoxy) is 1.